The summed E-state index contributed by atoms with van der Waals surface area (Å²) in [6, 6.07) is 19.0. The van der Waals surface area contributed by atoms with Gasteiger partial charge in [-0.05, 0) is 31.9 Å². The van der Waals surface area contributed by atoms with Crippen molar-refractivity contribution in [3.05, 3.63) is 71.8 Å². The highest BCUT2D eigenvalue weighted by Gasteiger charge is 2.47. The summed E-state index contributed by atoms with van der Waals surface area (Å²) in [6.45, 7) is 8.90. The topological polar surface area (TPSA) is 81.4 Å². The summed E-state index contributed by atoms with van der Waals surface area (Å²) in [5.74, 6) is -0.930. The van der Waals surface area contributed by atoms with Crippen LogP contribution in [0, 0.1) is 0 Å². The van der Waals surface area contributed by atoms with Crippen LogP contribution in [0.4, 0.5) is 0 Å². The van der Waals surface area contributed by atoms with Gasteiger partial charge in [0.1, 0.15) is 17.7 Å². The molecule has 1 atom stereocenters. The SMILES string of the molecule is CC(C)(NC(=O)C(C)(N)C(C)(C)c1ccccc1)C(=O)OCc1ccccc1. The zero-order valence-electron chi connectivity index (χ0n) is 17.3. The first-order valence-corrected chi connectivity index (χ1v) is 9.36. The fraction of sp³-hybridized carbons (Fsp3) is 0.391. The Balaban J connectivity index is 2.09. The van der Waals surface area contributed by atoms with Crippen LogP contribution in [-0.4, -0.2) is 23.0 Å². The van der Waals surface area contributed by atoms with Gasteiger partial charge in [0.15, 0.2) is 0 Å². The number of amides is 1. The van der Waals surface area contributed by atoms with Crippen molar-refractivity contribution in [2.45, 2.75) is 57.7 Å². The van der Waals surface area contributed by atoms with Gasteiger partial charge in [-0.2, -0.15) is 0 Å². The second kappa shape index (κ2) is 8.15. The number of hydrogen-bond acceptors (Lipinski definition) is 4. The van der Waals surface area contributed by atoms with E-state index in [1.807, 2.05) is 74.5 Å². The number of esters is 1. The lowest BCUT2D eigenvalue weighted by Crippen LogP contribution is -2.66. The fourth-order valence-electron chi connectivity index (χ4n) is 2.81. The predicted octanol–water partition coefficient (Wildman–Crippen LogP) is 3.32. The van der Waals surface area contributed by atoms with Crippen LogP contribution in [0.25, 0.3) is 0 Å². The third-order valence-corrected chi connectivity index (χ3v) is 5.41. The minimum absolute atomic E-state index is 0.147. The van der Waals surface area contributed by atoms with E-state index in [1.54, 1.807) is 20.8 Å². The van der Waals surface area contributed by atoms with Crippen LogP contribution in [0.1, 0.15) is 45.7 Å². The summed E-state index contributed by atoms with van der Waals surface area (Å²) in [5.41, 5.74) is 5.20. The van der Waals surface area contributed by atoms with E-state index < -0.39 is 28.4 Å². The molecule has 1 amide bonds. The number of hydrogen-bond donors (Lipinski definition) is 2. The van der Waals surface area contributed by atoms with Gasteiger partial charge in [0.25, 0.3) is 0 Å². The van der Waals surface area contributed by atoms with Gasteiger partial charge in [-0.1, -0.05) is 74.5 Å². The van der Waals surface area contributed by atoms with Crippen LogP contribution in [0.15, 0.2) is 60.7 Å². The molecule has 0 saturated heterocycles. The van der Waals surface area contributed by atoms with Crippen LogP contribution < -0.4 is 11.1 Å². The Hall–Kier alpha value is -2.66. The molecule has 0 radical (unpaired) electrons. The van der Waals surface area contributed by atoms with Crippen LogP contribution in [-0.2, 0) is 26.3 Å². The molecule has 3 N–H and O–H groups in total. The minimum atomic E-state index is -1.24. The fourth-order valence-corrected chi connectivity index (χ4v) is 2.81. The summed E-state index contributed by atoms with van der Waals surface area (Å²) in [5, 5.41) is 2.77. The summed E-state index contributed by atoms with van der Waals surface area (Å²) in [7, 11) is 0. The lowest BCUT2D eigenvalue weighted by Gasteiger charge is -2.42. The van der Waals surface area contributed by atoms with Crippen LogP contribution in [0.2, 0.25) is 0 Å². The monoisotopic (exact) mass is 382 g/mol. The average molecular weight is 383 g/mol. The minimum Gasteiger partial charge on any atom is -0.459 e. The van der Waals surface area contributed by atoms with Crippen molar-refractivity contribution < 1.29 is 14.3 Å². The maximum absolute atomic E-state index is 13.0. The van der Waals surface area contributed by atoms with Crippen molar-refractivity contribution in [1.29, 1.82) is 0 Å². The molecule has 2 aromatic carbocycles. The molecule has 0 aliphatic heterocycles. The Morgan fingerprint density at radius 3 is 1.93 bits per heavy atom. The molecule has 0 aromatic heterocycles. The molecule has 0 saturated carbocycles. The van der Waals surface area contributed by atoms with Crippen molar-refractivity contribution in [3.63, 3.8) is 0 Å². The maximum Gasteiger partial charge on any atom is 0.331 e. The van der Waals surface area contributed by atoms with E-state index in [0.717, 1.165) is 11.1 Å². The number of nitrogens with two attached hydrogens (primary N) is 1. The normalized spacial score (nSPS) is 14.1. The highest BCUT2D eigenvalue weighted by atomic mass is 16.5. The molecule has 5 heteroatoms. The standard InChI is InChI=1S/C23H30N2O3/c1-21(2,18-14-10-7-11-15-18)23(5,24)19(26)25-22(3,4)20(27)28-16-17-12-8-6-9-13-17/h6-15H,16,24H2,1-5H3,(H,25,26). The smallest absolute Gasteiger partial charge is 0.331 e. The number of benzene rings is 2. The quantitative estimate of drug-likeness (QED) is 0.720. The van der Waals surface area contributed by atoms with Gasteiger partial charge in [-0.3, -0.25) is 4.79 Å². The molecule has 0 heterocycles. The highest BCUT2D eigenvalue weighted by Crippen LogP contribution is 2.33. The van der Waals surface area contributed by atoms with Crippen molar-refractivity contribution in [2.75, 3.05) is 0 Å². The Morgan fingerprint density at radius 1 is 0.893 bits per heavy atom. The molecule has 0 fully saturated rings. The summed E-state index contributed by atoms with van der Waals surface area (Å²) < 4.78 is 5.38. The Labute approximate surface area is 167 Å². The predicted molar refractivity (Wildman–Crippen MR) is 111 cm³/mol. The van der Waals surface area contributed by atoms with E-state index >= 15 is 0 Å². The highest BCUT2D eigenvalue weighted by molar-refractivity contribution is 5.93. The molecule has 2 aromatic rings. The van der Waals surface area contributed by atoms with E-state index in [4.69, 9.17) is 10.5 Å². The lowest BCUT2D eigenvalue weighted by atomic mass is 9.68. The number of carbonyl (C=O) groups excluding carboxylic acids is 2. The van der Waals surface area contributed by atoms with Crippen molar-refractivity contribution in [1.82, 2.24) is 5.32 Å². The van der Waals surface area contributed by atoms with Crippen LogP contribution in [0.3, 0.4) is 0 Å². The molecule has 0 spiro atoms. The van der Waals surface area contributed by atoms with Gasteiger partial charge in [0.2, 0.25) is 5.91 Å². The zero-order valence-corrected chi connectivity index (χ0v) is 17.3. The first-order chi connectivity index (χ1) is 13.0. The average Bonchev–Trinajstić information content (AvgIpc) is 2.67. The largest absolute Gasteiger partial charge is 0.459 e. The number of nitrogens with one attached hydrogen (secondary N) is 1. The lowest BCUT2D eigenvalue weighted by molar-refractivity contribution is -0.154. The summed E-state index contributed by atoms with van der Waals surface area (Å²) >= 11 is 0. The molecule has 0 aliphatic rings. The zero-order chi connectivity index (χ0) is 21.0. The molecular weight excluding hydrogens is 352 g/mol. The second-order valence-corrected chi connectivity index (χ2v) is 8.33. The van der Waals surface area contributed by atoms with Gasteiger partial charge in [0.05, 0.1) is 0 Å². The molecule has 5 nitrogen and oxygen atoms in total. The van der Waals surface area contributed by atoms with E-state index in [0.29, 0.717) is 0 Å². The van der Waals surface area contributed by atoms with Gasteiger partial charge < -0.3 is 15.8 Å². The second-order valence-electron chi connectivity index (χ2n) is 8.33. The van der Waals surface area contributed by atoms with Gasteiger partial charge in [-0.25, -0.2) is 4.79 Å². The third-order valence-electron chi connectivity index (χ3n) is 5.41. The van der Waals surface area contributed by atoms with E-state index in [2.05, 4.69) is 5.32 Å². The summed E-state index contributed by atoms with van der Waals surface area (Å²) in [6.07, 6.45) is 0. The molecule has 0 bridgehead atoms. The Kier molecular flexibility index (Phi) is 6.30. The first kappa shape index (κ1) is 21.6. The molecule has 28 heavy (non-hydrogen) atoms. The Bertz CT molecular complexity index is 812. The van der Waals surface area contributed by atoms with Gasteiger partial charge in [0, 0.05) is 5.41 Å². The van der Waals surface area contributed by atoms with Gasteiger partial charge >= 0.3 is 5.97 Å². The maximum atomic E-state index is 13.0. The van der Waals surface area contributed by atoms with Crippen molar-refractivity contribution >= 4 is 11.9 Å². The number of rotatable bonds is 7. The first-order valence-electron chi connectivity index (χ1n) is 9.36. The molecule has 1 unspecified atom stereocenters. The Morgan fingerprint density at radius 2 is 1.39 bits per heavy atom. The van der Waals surface area contributed by atoms with Crippen molar-refractivity contribution in [2.24, 2.45) is 5.73 Å². The summed E-state index contributed by atoms with van der Waals surface area (Å²) in [4.78, 5) is 25.6. The number of ether oxygens (including phenoxy) is 1. The van der Waals surface area contributed by atoms with E-state index in [9.17, 15) is 9.59 Å². The van der Waals surface area contributed by atoms with E-state index in [-0.39, 0.29) is 6.61 Å². The molecule has 150 valence electrons. The third kappa shape index (κ3) is 4.60. The molecule has 2 rings (SSSR count). The van der Waals surface area contributed by atoms with Crippen molar-refractivity contribution in [3.8, 4) is 0 Å². The number of carbonyl (C=O) groups is 2. The molecule has 0 aliphatic carbocycles. The van der Waals surface area contributed by atoms with Crippen LogP contribution in [0.5, 0.6) is 0 Å². The van der Waals surface area contributed by atoms with Crippen LogP contribution >= 0.6 is 0 Å². The molecular formula is C23H30N2O3. The van der Waals surface area contributed by atoms with Gasteiger partial charge in [-0.15, -0.1) is 0 Å². The van der Waals surface area contributed by atoms with E-state index in [1.165, 1.54) is 0 Å².